The van der Waals surface area contributed by atoms with E-state index in [1.165, 1.54) is 0 Å². The highest BCUT2D eigenvalue weighted by Gasteiger charge is 2.32. The van der Waals surface area contributed by atoms with Crippen LogP contribution in [0.3, 0.4) is 0 Å². The standard InChI is InChI=1S/C20H28N2O4/c1-2-26-18-9-7-17(8-10-18)21-19(23)15-3-5-16(6-4-15)20(24)22-11-13-25-14-12-22/h7-10,15-16H,2-6,11-14H2,1H3,(H,21,23). The number of hydrogen-bond acceptors (Lipinski definition) is 4. The quantitative estimate of drug-likeness (QED) is 0.877. The van der Waals surface area contributed by atoms with Crippen LogP contribution < -0.4 is 10.1 Å². The third kappa shape index (κ3) is 4.75. The Hall–Kier alpha value is -2.08. The van der Waals surface area contributed by atoms with Crippen molar-refractivity contribution in [3.05, 3.63) is 24.3 Å². The average Bonchev–Trinajstić information content (AvgIpc) is 2.70. The van der Waals surface area contributed by atoms with Crippen LogP contribution in [0, 0.1) is 11.8 Å². The molecule has 1 aliphatic heterocycles. The summed E-state index contributed by atoms with van der Waals surface area (Å²) < 4.78 is 10.7. The third-order valence-corrected chi connectivity index (χ3v) is 5.20. The number of hydrogen-bond donors (Lipinski definition) is 1. The molecular formula is C20H28N2O4. The topological polar surface area (TPSA) is 67.9 Å². The normalized spacial score (nSPS) is 23.3. The molecule has 6 nitrogen and oxygen atoms in total. The van der Waals surface area contributed by atoms with E-state index in [-0.39, 0.29) is 23.7 Å². The van der Waals surface area contributed by atoms with E-state index in [1.807, 2.05) is 36.1 Å². The number of amides is 2. The van der Waals surface area contributed by atoms with Crippen LogP contribution >= 0.6 is 0 Å². The lowest BCUT2D eigenvalue weighted by Gasteiger charge is -2.33. The van der Waals surface area contributed by atoms with Crippen LogP contribution in [-0.2, 0) is 14.3 Å². The van der Waals surface area contributed by atoms with E-state index in [0.717, 1.165) is 37.1 Å². The lowest BCUT2D eigenvalue weighted by Crippen LogP contribution is -2.44. The highest BCUT2D eigenvalue weighted by Crippen LogP contribution is 2.31. The maximum absolute atomic E-state index is 12.6. The van der Waals surface area contributed by atoms with Gasteiger partial charge in [-0.05, 0) is 56.9 Å². The first-order valence-electron chi connectivity index (χ1n) is 9.57. The molecule has 1 saturated heterocycles. The predicted molar refractivity (Wildman–Crippen MR) is 99.1 cm³/mol. The van der Waals surface area contributed by atoms with Crippen molar-refractivity contribution in [2.45, 2.75) is 32.6 Å². The molecule has 2 amide bonds. The minimum absolute atomic E-state index is 0.0182. The fourth-order valence-electron chi connectivity index (χ4n) is 3.69. The van der Waals surface area contributed by atoms with Crippen molar-refractivity contribution in [3.8, 4) is 5.75 Å². The van der Waals surface area contributed by atoms with Crippen molar-refractivity contribution < 1.29 is 19.1 Å². The van der Waals surface area contributed by atoms with Crippen LogP contribution in [-0.4, -0.2) is 49.6 Å². The molecule has 26 heavy (non-hydrogen) atoms. The van der Waals surface area contributed by atoms with Gasteiger partial charge in [0.25, 0.3) is 0 Å². The second-order valence-corrected chi connectivity index (χ2v) is 6.93. The van der Waals surface area contributed by atoms with Crippen molar-refractivity contribution in [1.29, 1.82) is 0 Å². The first-order chi connectivity index (χ1) is 12.7. The molecule has 2 aliphatic rings. The molecule has 0 aromatic heterocycles. The molecule has 3 rings (SSSR count). The molecule has 1 N–H and O–H groups in total. The Bertz CT molecular complexity index is 603. The van der Waals surface area contributed by atoms with Crippen LogP contribution in [0.5, 0.6) is 5.75 Å². The van der Waals surface area contributed by atoms with Gasteiger partial charge in [-0.1, -0.05) is 0 Å². The molecule has 1 saturated carbocycles. The van der Waals surface area contributed by atoms with Crippen LogP contribution in [0.1, 0.15) is 32.6 Å². The number of nitrogens with one attached hydrogen (secondary N) is 1. The first-order valence-corrected chi connectivity index (χ1v) is 9.57. The van der Waals surface area contributed by atoms with E-state index in [2.05, 4.69) is 5.32 Å². The summed E-state index contributed by atoms with van der Waals surface area (Å²) in [5.41, 5.74) is 0.782. The van der Waals surface area contributed by atoms with Crippen molar-refractivity contribution in [2.24, 2.45) is 11.8 Å². The summed E-state index contributed by atoms with van der Waals surface area (Å²) in [5.74, 6) is 1.12. The zero-order valence-electron chi connectivity index (χ0n) is 15.4. The summed E-state index contributed by atoms with van der Waals surface area (Å²) in [5, 5.41) is 2.98. The van der Waals surface area contributed by atoms with Crippen molar-refractivity contribution in [2.75, 3.05) is 38.2 Å². The fraction of sp³-hybridized carbons (Fsp3) is 0.600. The SMILES string of the molecule is CCOc1ccc(NC(=O)C2CCC(C(=O)N3CCOCC3)CC2)cc1. The average molecular weight is 360 g/mol. The lowest BCUT2D eigenvalue weighted by atomic mass is 9.81. The molecule has 1 aromatic rings. The molecule has 0 spiro atoms. The molecule has 1 heterocycles. The van der Waals surface area contributed by atoms with Crippen LogP contribution in [0.25, 0.3) is 0 Å². The molecule has 142 valence electrons. The number of carbonyl (C=O) groups is 2. The summed E-state index contributed by atoms with van der Waals surface area (Å²) >= 11 is 0. The maximum Gasteiger partial charge on any atom is 0.227 e. The van der Waals surface area contributed by atoms with Gasteiger partial charge < -0.3 is 19.7 Å². The largest absolute Gasteiger partial charge is 0.494 e. The summed E-state index contributed by atoms with van der Waals surface area (Å²) in [6, 6.07) is 7.43. The molecule has 0 radical (unpaired) electrons. The minimum Gasteiger partial charge on any atom is -0.494 e. The smallest absolute Gasteiger partial charge is 0.227 e. The van der Waals surface area contributed by atoms with Crippen molar-refractivity contribution in [3.63, 3.8) is 0 Å². The van der Waals surface area contributed by atoms with Crippen LogP contribution in [0.15, 0.2) is 24.3 Å². The van der Waals surface area contributed by atoms with E-state index in [1.54, 1.807) is 0 Å². The first kappa shape index (κ1) is 18.7. The highest BCUT2D eigenvalue weighted by molar-refractivity contribution is 5.92. The summed E-state index contributed by atoms with van der Waals surface area (Å²) in [6.07, 6.45) is 3.11. The predicted octanol–water partition coefficient (Wildman–Crippen LogP) is 2.69. The van der Waals surface area contributed by atoms with Gasteiger partial charge >= 0.3 is 0 Å². The van der Waals surface area contributed by atoms with E-state index in [4.69, 9.17) is 9.47 Å². The van der Waals surface area contributed by atoms with Gasteiger partial charge in [0.15, 0.2) is 0 Å². The number of carbonyl (C=O) groups excluding carboxylic acids is 2. The number of nitrogens with zero attached hydrogens (tertiary/aromatic N) is 1. The van der Waals surface area contributed by atoms with Crippen LogP contribution in [0.2, 0.25) is 0 Å². The van der Waals surface area contributed by atoms with Gasteiger partial charge in [0.1, 0.15) is 5.75 Å². The summed E-state index contributed by atoms with van der Waals surface area (Å²) in [6.45, 7) is 5.21. The Morgan fingerprint density at radius 3 is 2.31 bits per heavy atom. The summed E-state index contributed by atoms with van der Waals surface area (Å²) in [7, 11) is 0. The summed E-state index contributed by atoms with van der Waals surface area (Å²) in [4.78, 5) is 27.0. The van der Waals surface area contributed by atoms with E-state index < -0.39 is 0 Å². The number of rotatable bonds is 5. The van der Waals surface area contributed by atoms with Gasteiger partial charge in [-0.2, -0.15) is 0 Å². The van der Waals surface area contributed by atoms with Gasteiger partial charge in [-0.15, -0.1) is 0 Å². The molecule has 0 bridgehead atoms. The van der Waals surface area contributed by atoms with Gasteiger partial charge in [-0.25, -0.2) is 0 Å². The molecule has 2 fully saturated rings. The number of morpholine rings is 1. The van der Waals surface area contributed by atoms with E-state index in [9.17, 15) is 9.59 Å². The van der Waals surface area contributed by atoms with Crippen LogP contribution in [0.4, 0.5) is 5.69 Å². The van der Waals surface area contributed by atoms with Gasteiger partial charge in [-0.3, -0.25) is 9.59 Å². The second-order valence-electron chi connectivity index (χ2n) is 6.93. The zero-order chi connectivity index (χ0) is 18.4. The monoisotopic (exact) mass is 360 g/mol. The van der Waals surface area contributed by atoms with Crippen molar-refractivity contribution in [1.82, 2.24) is 4.90 Å². The zero-order valence-corrected chi connectivity index (χ0v) is 15.4. The maximum atomic E-state index is 12.6. The molecule has 1 aromatic carbocycles. The Labute approximate surface area is 154 Å². The highest BCUT2D eigenvalue weighted by atomic mass is 16.5. The Balaban J connectivity index is 1.46. The molecule has 6 heteroatoms. The van der Waals surface area contributed by atoms with E-state index >= 15 is 0 Å². The Morgan fingerprint density at radius 1 is 1.08 bits per heavy atom. The third-order valence-electron chi connectivity index (χ3n) is 5.20. The van der Waals surface area contributed by atoms with Gasteiger partial charge in [0.05, 0.1) is 19.8 Å². The number of ether oxygens (including phenoxy) is 2. The molecule has 0 atom stereocenters. The number of benzene rings is 1. The Morgan fingerprint density at radius 2 is 1.69 bits per heavy atom. The fourth-order valence-corrected chi connectivity index (χ4v) is 3.69. The van der Waals surface area contributed by atoms with Gasteiger partial charge in [0.2, 0.25) is 11.8 Å². The van der Waals surface area contributed by atoms with E-state index in [0.29, 0.717) is 32.9 Å². The lowest BCUT2D eigenvalue weighted by molar-refractivity contribution is -0.141. The second kappa shape index (κ2) is 9.03. The molecule has 0 unspecified atom stereocenters. The number of anilines is 1. The molecular weight excluding hydrogens is 332 g/mol. The van der Waals surface area contributed by atoms with Crippen molar-refractivity contribution >= 4 is 17.5 Å². The molecule has 1 aliphatic carbocycles. The van der Waals surface area contributed by atoms with Gasteiger partial charge in [0, 0.05) is 30.6 Å². The minimum atomic E-state index is -0.0182. The Kier molecular flexibility index (Phi) is 6.50.